The van der Waals surface area contributed by atoms with Gasteiger partial charge in [-0.15, -0.1) is 11.3 Å². The standard InChI is InChI=1S/C46H35NS/c1-45(2)37-22-19-31(28-17-20-32(21-18-28)47-39-15-9-7-13-33(39)34-14-8-10-16-40(34)47)25-35(37)43-38(46(45,3)4)23-24-41-44(43)36-26-29-11-5-6-12-30(29)27-42(36)48-41/h5-27H,1-4H3. The van der Waals surface area contributed by atoms with Crippen molar-refractivity contribution < 1.29 is 0 Å². The first kappa shape index (κ1) is 27.9. The van der Waals surface area contributed by atoms with Crippen molar-refractivity contribution >= 4 is 64.1 Å². The number of hydrogen-bond donors (Lipinski definition) is 0. The number of nitrogens with zero attached hydrogens (tertiary/aromatic N) is 1. The highest BCUT2D eigenvalue weighted by atomic mass is 32.1. The summed E-state index contributed by atoms with van der Waals surface area (Å²) in [6.45, 7) is 9.73. The maximum absolute atomic E-state index is 2.48. The summed E-state index contributed by atoms with van der Waals surface area (Å²) in [7, 11) is 0. The van der Waals surface area contributed by atoms with Gasteiger partial charge in [0.2, 0.25) is 0 Å². The Labute approximate surface area is 284 Å². The molecular weight excluding hydrogens is 599 g/mol. The number of hydrogen-bond acceptors (Lipinski definition) is 1. The van der Waals surface area contributed by atoms with E-state index in [-0.39, 0.29) is 10.8 Å². The number of aromatic nitrogens is 1. The Hall–Kier alpha value is -5.18. The molecule has 0 atom stereocenters. The molecule has 0 N–H and O–H groups in total. The van der Waals surface area contributed by atoms with Crippen LogP contribution < -0.4 is 0 Å². The second kappa shape index (κ2) is 9.69. The first-order valence-electron chi connectivity index (χ1n) is 16.9. The predicted octanol–water partition coefficient (Wildman–Crippen LogP) is 13.2. The molecule has 0 saturated carbocycles. The minimum atomic E-state index is -0.0416. The van der Waals surface area contributed by atoms with E-state index in [0.717, 1.165) is 0 Å². The third-order valence-corrected chi connectivity index (χ3v) is 12.9. The smallest absolute Gasteiger partial charge is 0.0541 e. The van der Waals surface area contributed by atoms with Gasteiger partial charge in [-0.1, -0.05) is 119 Å². The zero-order valence-corrected chi connectivity index (χ0v) is 28.5. The van der Waals surface area contributed by atoms with E-state index in [1.807, 2.05) is 11.3 Å². The van der Waals surface area contributed by atoms with Gasteiger partial charge >= 0.3 is 0 Å². The summed E-state index contributed by atoms with van der Waals surface area (Å²) >= 11 is 1.92. The molecule has 0 saturated heterocycles. The van der Waals surface area contributed by atoms with Crippen LogP contribution >= 0.6 is 11.3 Å². The molecule has 0 unspecified atom stereocenters. The summed E-state index contributed by atoms with van der Waals surface area (Å²) in [5.41, 5.74) is 11.7. The quantitative estimate of drug-likeness (QED) is 0.178. The van der Waals surface area contributed by atoms with E-state index in [0.29, 0.717) is 0 Å². The highest BCUT2D eigenvalue weighted by molar-refractivity contribution is 7.26. The molecular formula is C46H35NS. The van der Waals surface area contributed by atoms with Gasteiger partial charge in [0.1, 0.15) is 0 Å². The fraction of sp³-hybridized carbons (Fsp3) is 0.130. The van der Waals surface area contributed by atoms with Crippen molar-refractivity contribution in [2.75, 3.05) is 0 Å². The normalized spacial score (nSPS) is 15.0. The van der Waals surface area contributed by atoms with E-state index in [4.69, 9.17) is 0 Å². The molecule has 1 aliphatic rings. The van der Waals surface area contributed by atoms with Gasteiger partial charge in [0.25, 0.3) is 0 Å². The average Bonchev–Trinajstić information content (AvgIpc) is 3.65. The summed E-state index contributed by atoms with van der Waals surface area (Å²) in [4.78, 5) is 0. The van der Waals surface area contributed by atoms with Crippen LogP contribution in [0.1, 0.15) is 38.8 Å². The lowest BCUT2D eigenvalue weighted by Gasteiger charge is -2.48. The topological polar surface area (TPSA) is 4.93 Å². The third kappa shape index (κ3) is 3.67. The Morgan fingerprint density at radius 3 is 1.77 bits per heavy atom. The lowest BCUT2D eigenvalue weighted by molar-refractivity contribution is 0.299. The molecule has 2 aromatic heterocycles. The molecule has 9 aromatic rings. The van der Waals surface area contributed by atoms with Crippen LogP contribution in [-0.2, 0) is 10.8 Å². The summed E-state index contributed by atoms with van der Waals surface area (Å²) < 4.78 is 5.11. The monoisotopic (exact) mass is 633 g/mol. The summed E-state index contributed by atoms with van der Waals surface area (Å²) in [5, 5.41) is 7.96. The van der Waals surface area contributed by atoms with Gasteiger partial charge in [-0.25, -0.2) is 0 Å². The molecule has 2 heterocycles. The predicted molar refractivity (Wildman–Crippen MR) is 208 cm³/mol. The van der Waals surface area contributed by atoms with E-state index in [1.54, 1.807) is 0 Å². The molecule has 7 aromatic carbocycles. The van der Waals surface area contributed by atoms with E-state index >= 15 is 0 Å². The minimum Gasteiger partial charge on any atom is -0.309 e. The van der Waals surface area contributed by atoms with Gasteiger partial charge in [0.15, 0.2) is 0 Å². The van der Waals surface area contributed by atoms with Crippen molar-refractivity contribution in [2.24, 2.45) is 0 Å². The van der Waals surface area contributed by atoms with Crippen molar-refractivity contribution in [1.29, 1.82) is 0 Å². The van der Waals surface area contributed by atoms with Crippen LogP contribution in [0.5, 0.6) is 0 Å². The molecule has 2 heteroatoms. The second-order valence-electron chi connectivity index (χ2n) is 14.6. The zero-order chi connectivity index (χ0) is 32.4. The average molecular weight is 634 g/mol. The van der Waals surface area contributed by atoms with Gasteiger partial charge < -0.3 is 4.57 Å². The van der Waals surface area contributed by atoms with Crippen molar-refractivity contribution in [2.45, 2.75) is 38.5 Å². The Morgan fingerprint density at radius 2 is 1.06 bits per heavy atom. The number of thiophene rings is 1. The van der Waals surface area contributed by atoms with Crippen molar-refractivity contribution in [3.8, 4) is 27.9 Å². The molecule has 48 heavy (non-hydrogen) atoms. The molecule has 0 spiro atoms. The number of para-hydroxylation sites is 2. The highest BCUT2D eigenvalue weighted by Crippen LogP contribution is 2.57. The lowest BCUT2D eigenvalue weighted by Crippen LogP contribution is -2.43. The first-order chi connectivity index (χ1) is 23.3. The summed E-state index contributed by atoms with van der Waals surface area (Å²) in [6, 6.07) is 52.2. The minimum absolute atomic E-state index is 0.0412. The molecule has 230 valence electrons. The van der Waals surface area contributed by atoms with Gasteiger partial charge in [-0.2, -0.15) is 0 Å². The van der Waals surface area contributed by atoms with Gasteiger partial charge in [-0.05, 0) is 104 Å². The number of benzene rings is 7. The Balaban J connectivity index is 1.18. The highest BCUT2D eigenvalue weighted by Gasteiger charge is 2.46. The molecule has 1 aliphatic carbocycles. The van der Waals surface area contributed by atoms with Crippen LogP contribution in [0, 0.1) is 0 Å². The first-order valence-corrected chi connectivity index (χ1v) is 17.8. The van der Waals surface area contributed by atoms with Crippen LogP contribution in [0.3, 0.4) is 0 Å². The molecule has 0 bridgehead atoms. The second-order valence-corrected chi connectivity index (χ2v) is 15.7. The third-order valence-electron chi connectivity index (χ3n) is 11.7. The fourth-order valence-corrected chi connectivity index (χ4v) is 9.65. The number of fused-ring (bicyclic) bond motifs is 11. The van der Waals surface area contributed by atoms with Crippen LogP contribution in [0.15, 0.2) is 140 Å². The Morgan fingerprint density at radius 1 is 0.479 bits per heavy atom. The van der Waals surface area contributed by atoms with Crippen molar-refractivity contribution in [3.63, 3.8) is 0 Å². The number of rotatable bonds is 2. The van der Waals surface area contributed by atoms with E-state index in [9.17, 15) is 0 Å². The summed E-state index contributed by atoms with van der Waals surface area (Å²) in [6.07, 6.45) is 0. The SMILES string of the molecule is CC1(C)c2ccc(-c3ccc(-n4c5ccccc5c5ccccc54)cc3)cc2-c2c(ccc3sc4cc5ccccc5cc4c23)C1(C)C. The molecule has 0 aliphatic heterocycles. The van der Waals surface area contributed by atoms with E-state index in [2.05, 4.69) is 172 Å². The maximum atomic E-state index is 2.48. The Bertz CT molecular complexity index is 2720. The molecule has 0 amide bonds. The fourth-order valence-electron chi connectivity index (χ4n) is 8.51. The van der Waals surface area contributed by atoms with Crippen LogP contribution in [-0.4, -0.2) is 4.57 Å². The zero-order valence-electron chi connectivity index (χ0n) is 27.6. The van der Waals surface area contributed by atoms with Crippen molar-refractivity contribution in [1.82, 2.24) is 4.57 Å². The van der Waals surface area contributed by atoms with Gasteiger partial charge in [0, 0.05) is 36.6 Å². The molecule has 0 fully saturated rings. The largest absolute Gasteiger partial charge is 0.309 e. The van der Waals surface area contributed by atoms with Gasteiger partial charge in [-0.3, -0.25) is 0 Å². The summed E-state index contributed by atoms with van der Waals surface area (Å²) in [5.74, 6) is 0. The van der Waals surface area contributed by atoms with Crippen molar-refractivity contribution in [3.05, 3.63) is 151 Å². The van der Waals surface area contributed by atoms with Crippen LogP contribution in [0.25, 0.3) is 80.7 Å². The van der Waals surface area contributed by atoms with Crippen LogP contribution in [0.2, 0.25) is 0 Å². The molecule has 1 nitrogen and oxygen atoms in total. The Kier molecular flexibility index (Phi) is 5.63. The van der Waals surface area contributed by atoms with Crippen LogP contribution in [0.4, 0.5) is 0 Å². The van der Waals surface area contributed by atoms with E-state index < -0.39 is 0 Å². The van der Waals surface area contributed by atoms with E-state index in [1.165, 1.54) is 91.8 Å². The lowest BCUT2D eigenvalue weighted by atomic mass is 9.55. The van der Waals surface area contributed by atoms with Gasteiger partial charge in [0.05, 0.1) is 11.0 Å². The molecule has 10 rings (SSSR count). The maximum Gasteiger partial charge on any atom is 0.0541 e. The molecule has 0 radical (unpaired) electrons.